The topological polar surface area (TPSA) is 119 Å². The molecule has 10 nitrogen and oxygen atoms in total. The molecule has 0 radical (unpaired) electrons. The number of amides is 1. The minimum absolute atomic E-state index is 0.0679. The van der Waals surface area contributed by atoms with E-state index in [1.165, 1.54) is 18.3 Å². The highest BCUT2D eigenvalue weighted by Gasteiger charge is 2.19. The van der Waals surface area contributed by atoms with Crippen LogP contribution in [0.1, 0.15) is 33.0 Å². The number of fused-ring (bicyclic) bond motifs is 1. The molecular formula is C35H31Cl2N5O5. The monoisotopic (exact) mass is 671 g/mol. The molecule has 1 aliphatic heterocycles. The summed E-state index contributed by atoms with van der Waals surface area (Å²) in [5, 5.41) is 13.8. The van der Waals surface area contributed by atoms with Crippen LogP contribution in [0.3, 0.4) is 0 Å². The summed E-state index contributed by atoms with van der Waals surface area (Å²) in [6, 6.07) is 18.3. The van der Waals surface area contributed by atoms with Crippen molar-refractivity contribution in [1.82, 2.24) is 19.9 Å². The van der Waals surface area contributed by atoms with E-state index in [-0.39, 0.29) is 24.8 Å². The molecule has 0 spiro atoms. The second-order valence-corrected chi connectivity index (χ2v) is 11.7. The van der Waals surface area contributed by atoms with Crippen molar-refractivity contribution in [2.75, 3.05) is 31.2 Å². The number of aromatic nitrogens is 3. The highest BCUT2D eigenvalue weighted by Crippen LogP contribution is 2.36. The van der Waals surface area contributed by atoms with Crippen LogP contribution in [0.15, 0.2) is 79.1 Å². The van der Waals surface area contributed by atoms with Crippen LogP contribution in [0.2, 0.25) is 10.0 Å². The Balaban J connectivity index is 1.18. The van der Waals surface area contributed by atoms with Crippen LogP contribution >= 0.6 is 23.2 Å². The number of aromatic carboxylic acids is 1. The molecule has 3 aromatic heterocycles. The molecule has 2 N–H and O–H groups in total. The lowest BCUT2D eigenvalue weighted by Crippen LogP contribution is -2.36. The first kappa shape index (κ1) is 32.1. The zero-order valence-electron chi connectivity index (χ0n) is 25.5. The lowest BCUT2D eigenvalue weighted by atomic mass is 10.1. The summed E-state index contributed by atoms with van der Waals surface area (Å²) in [6.45, 7) is 5.31. The van der Waals surface area contributed by atoms with Crippen molar-refractivity contribution in [3.63, 3.8) is 0 Å². The van der Waals surface area contributed by atoms with E-state index in [4.69, 9.17) is 42.8 Å². The summed E-state index contributed by atoms with van der Waals surface area (Å²) in [6.07, 6.45) is 6.18. The van der Waals surface area contributed by atoms with Crippen LogP contribution in [0, 0.1) is 6.92 Å². The van der Waals surface area contributed by atoms with E-state index in [1.54, 1.807) is 18.2 Å². The molecule has 1 saturated heterocycles. The van der Waals surface area contributed by atoms with Gasteiger partial charge in [0.1, 0.15) is 23.6 Å². The van der Waals surface area contributed by atoms with Gasteiger partial charge < -0.3 is 29.4 Å². The number of carboxylic acids is 1. The van der Waals surface area contributed by atoms with Crippen molar-refractivity contribution in [3.05, 3.63) is 117 Å². The number of halogens is 2. The summed E-state index contributed by atoms with van der Waals surface area (Å²) in [5.74, 6) is -0.812. The van der Waals surface area contributed by atoms with Crippen molar-refractivity contribution in [2.45, 2.75) is 20.1 Å². The maximum atomic E-state index is 12.6. The zero-order chi connectivity index (χ0) is 32.9. The number of para-hydroxylation sites is 1. The summed E-state index contributed by atoms with van der Waals surface area (Å²) >= 11 is 13.6. The molecule has 0 aliphatic carbocycles. The van der Waals surface area contributed by atoms with E-state index in [0.717, 1.165) is 41.1 Å². The average molecular weight is 673 g/mol. The first-order chi connectivity index (χ1) is 22.8. The number of aryl methyl sites for hydroxylation is 1. The van der Waals surface area contributed by atoms with Gasteiger partial charge in [-0.3, -0.25) is 4.79 Å². The predicted octanol–water partition coefficient (Wildman–Crippen LogP) is 6.48. The number of morpholine rings is 1. The second kappa shape index (κ2) is 14.3. The number of nitrogens with one attached hydrogen (secondary N) is 1. The zero-order valence-corrected chi connectivity index (χ0v) is 27.0. The van der Waals surface area contributed by atoms with Crippen LogP contribution in [-0.2, 0) is 22.7 Å². The molecule has 0 unspecified atom stereocenters. The molecule has 1 fully saturated rings. The Hall–Kier alpha value is -4.90. The average Bonchev–Trinajstić information content (AvgIpc) is 3.55. The van der Waals surface area contributed by atoms with Crippen molar-refractivity contribution < 1.29 is 24.2 Å². The Morgan fingerprint density at radius 2 is 1.89 bits per heavy atom. The molecule has 0 saturated carbocycles. The number of hydrogen-bond acceptors (Lipinski definition) is 7. The summed E-state index contributed by atoms with van der Waals surface area (Å²) in [4.78, 5) is 34.5. The molecule has 0 bridgehead atoms. The molecular weight excluding hydrogens is 641 g/mol. The van der Waals surface area contributed by atoms with Crippen LogP contribution in [0.25, 0.3) is 22.7 Å². The number of nitrogens with zero attached hydrogens (tertiary/aromatic N) is 4. The maximum Gasteiger partial charge on any atom is 0.354 e. The summed E-state index contributed by atoms with van der Waals surface area (Å²) in [7, 11) is 0. The normalized spacial score (nSPS) is 13.3. The smallest absolute Gasteiger partial charge is 0.354 e. The van der Waals surface area contributed by atoms with Crippen LogP contribution in [0.4, 0.5) is 5.69 Å². The number of carbonyl (C=O) groups is 2. The minimum Gasteiger partial charge on any atom is -0.487 e. The van der Waals surface area contributed by atoms with Gasteiger partial charge in [-0.05, 0) is 61.0 Å². The third-order valence-electron chi connectivity index (χ3n) is 7.77. The van der Waals surface area contributed by atoms with E-state index in [2.05, 4.69) is 27.3 Å². The summed E-state index contributed by atoms with van der Waals surface area (Å²) < 4.78 is 13.8. The number of anilines is 1. The van der Waals surface area contributed by atoms with Gasteiger partial charge in [0.15, 0.2) is 0 Å². The molecule has 1 amide bonds. The number of benzene rings is 2. The quantitative estimate of drug-likeness (QED) is 0.162. The number of hydrogen-bond donors (Lipinski definition) is 2. The molecule has 4 heterocycles. The molecule has 0 atom stereocenters. The highest BCUT2D eigenvalue weighted by molar-refractivity contribution is 6.37. The van der Waals surface area contributed by atoms with E-state index >= 15 is 0 Å². The molecule has 5 aromatic rings. The number of rotatable bonds is 10. The van der Waals surface area contributed by atoms with Gasteiger partial charge in [0.25, 0.3) is 0 Å². The Labute approximate surface area is 281 Å². The SMILES string of the molecule is Cc1cc(N2CCOCC2)c2cccc(OCc3c(Cl)ccc(-n4cccc4CNC(=O)/C=C/c4ccc(C(=O)O)nc4)c3Cl)c2n1. The Bertz CT molecular complexity index is 1970. The van der Waals surface area contributed by atoms with Gasteiger partial charge in [0.05, 0.1) is 30.5 Å². The largest absolute Gasteiger partial charge is 0.487 e. The summed E-state index contributed by atoms with van der Waals surface area (Å²) in [5.41, 5.74) is 5.40. The molecule has 2 aromatic carbocycles. The minimum atomic E-state index is -1.11. The van der Waals surface area contributed by atoms with E-state index in [9.17, 15) is 9.59 Å². The second-order valence-electron chi connectivity index (χ2n) is 10.9. The molecule has 12 heteroatoms. The highest BCUT2D eigenvalue weighted by atomic mass is 35.5. The van der Waals surface area contributed by atoms with Crippen molar-refractivity contribution in [2.24, 2.45) is 0 Å². The first-order valence-corrected chi connectivity index (χ1v) is 15.7. The van der Waals surface area contributed by atoms with Gasteiger partial charge in [-0.25, -0.2) is 14.8 Å². The molecule has 6 rings (SSSR count). The van der Waals surface area contributed by atoms with Crippen molar-refractivity contribution in [3.8, 4) is 11.4 Å². The Kier molecular flexibility index (Phi) is 9.72. The maximum absolute atomic E-state index is 12.6. The van der Waals surface area contributed by atoms with E-state index < -0.39 is 5.97 Å². The van der Waals surface area contributed by atoms with Gasteiger partial charge in [0.2, 0.25) is 5.91 Å². The molecule has 1 aliphatic rings. The van der Waals surface area contributed by atoms with E-state index in [1.807, 2.05) is 48.0 Å². The number of pyridine rings is 2. The fourth-order valence-electron chi connectivity index (χ4n) is 5.40. The van der Waals surface area contributed by atoms with Crippen LogP contribution in [-0.4, -0.2) is 57.8 Å². The number of ether oxygens (including phenoxy) is 2. The fourth-order valence-corrected chi connectivity index (χ4v) is 5.97. The number of carboxylic acid groups (broad SMARTS) is 1. The lowest BCUT2D eigenvalue weighted by Gasteiger charge is -2.30. The van der Waals surface area contributed by atoms with Crippen molar-refractivity contribution in [1.29, 1.82) is 0 Å². The fraction of sp³-hybridized carbons (Fsp3) is 0.200. The van der Waals surface area contributed by atoms with Gasteiger partial charge in [-0.1, -0.05) is 41.4 Å². The van der Waals surface area contributed by atoms with Crippen LogP contribution < -0.4 is 15.0 Å². The van der Waals surface area contributed by atoms with E-state index in [0.29, 0.717) is 45.8 Å². The standard InChI is InChI=1S/C35H31Cl2N5O5/c1-22-18-30(41-14-16-46-17-15-41)25-5-2-6-31(34(25)40-22)47-21-26-27(36)9-11-29(33(26)37)42-13-3-4-24(42)20-39-32(43)12-8-23-7-10-28(35(44)45)38-19-23/h2-13,18-19H,14-17,20-21H2,1H3,(H,39,43)(H,44,45)/b12-8+. The molecule has 47 heavy (non-hydrogen) atoms. The number of carbonyl (C=O) groups excluding carboxylic acids is 1. The third kappa shape index (κ3) is 7.25. The first-order valence-electron chi connectivity index (χ1n) is 14.9. The van der Waals surface area contributed by atoms with Crippen molar-refractivity contribution >= 4 is 57.7 Å². The molecule has 240 valence electrons. The van der Waals surface area contributed by atoms with Gasteiger partial charge in [0, 0.05) is 64.6 Å². The lowest BCUT2D eigenvalue weighted by molar-refractivity contribution is -0.116. The van der Waals surface area contributed by atoms with Gasteiger partial charge in [-0.15, -0.1) is 0 Å². The predicted molar refractivity (Wildman–Crippen MR) is 182 cm³/mol. The van der Waals surface area contributed by atoms with Gasteiger partial charge >= 0.3 is 5.97 Å². The Morgan fingerprint density at radius 1 is 1.06 bits per heavy atom. The van der Waals surface area contributed by atoms with Crippen LogP contribution in [0.5, 0.6) is 5.75 Å². The third-order valence-corrected chi connectivity index (χ3v) is 8.54. The Morgan fingerprint density at radius 3 is 2.66 bits per heavy atom. The van der Waals surface area contributed by atoms with Gasteiger partial charge in [-0.2, -0.15) is 0 Å².